The molecule has 1 fully saturated rings. The van der Waals surface area contributed by atoms with Crippen LogP contribution in [-0.2, 0) is 4.79 Å². The Morgan fingerprint density at radius 1 is 1.29 bits per heavy atom. The van der Waals surface area contributed by atoms with Crippen LogP contribution in [0.3, 0.4) is 0 Å². The Bertz CT molecular complexity index is 216. The van der Waals surface area contributed by atoms with Crippen LogP contribution in [0.5, 0.6) is 0 Å². The Kier molecular flexibility index (Phi) is 7.16. The third-order valence-electron chi connectivity index (χ3n) is 3.16. The van der Waals surface area contributed by atoms with Crippen LogP contribution in [0.1, 0.15) is 32.1 Å². The van der Waals surface area contributed by atoms with Gasteiger partial charge in [-0.2, -0.15) is 0 Å². The highest BCUT2D eigenvalue weighted by molar-refractivity contribution is 5.77. The quantitative estimate of drug-likeness (QED) is 0.536. The normalized spacial score (nSPS) is 18.2. The topological polar surface area (TPSA) is 78.6 Å². The zero-order valence-electron chi connectivity index (χ0n) is 10.5. The van der Waals surface area contributed by atoms with Gasteiger partial charge >= 0.3 is 0 Å². The van der Waals surface area contributed by atoms with E-state index in [9.17, 15) is 4.79 Å². The van der Waals surface area contributed by atoms with Crippen LogP contribution in [0.15, 0.2) is 0 Å². The fraction of sp³-hybridized carbons (Fsp3) is 0.917. The molecular weight excluding hydrogens is 218 g/mol. The van der Waals surface area contributed by atoms with Crippen LogP contribution in [0.2, 0.25) is 0 Å². The molecule has 100 valence electrons. The summed E-state index contributed by atoms with van der Waals surface area (Å²) >= 11 is 0. The van der Waals surface area contributed by atoms with Crippen molar-refractivity contribution in [2.75, 3.05) is 32.8 Å². The molecule has 1 amide bonds. The molecule has 0 saturated carbocycles. The molecule has 1 aliphatic heterocycles. The molecule has 0 aromatic carbocycles. The number of rotatable bonds is 7. The van der Waals surface area contributed by atoms with E-state index < -0.39 is 0 Å². The number of aliphatic hydroxyl groups is 1. The maximum absolute atomic E-state index is 11.6. The summed E-state index contributed by atoms with van der Waals surface area (Å²) in [6.07, 6.45) is 4.71. The largest absolute Gasteiger partial charge is 0.396 e. The fourth-order valence-electron chi connectivity index (χ4n) is 2.01. The lowest BCUT2D eigenvalue weighted by atomic mass is 10.1. The van der Waals surface area contributed by atoms with E-state index >= 15 is 0 Å². The lowest BCUT2D eigenvalue weighted by molar-refractivity contribution is -0.122. The van der Waals surface area contributed by atoms with Crippen molar-refractivity contribution in [2.45, 2.75) is 38.1 Å². The van der Waals surface area contributed by atoms with E-state index in [2.05, 4.69) is 10.2 Å². The van der Waals surface area contributed by atoms with E-state index in [-0.39, 0.29) is 12.5 Å². The Hall–Kier alpha value is -0.650. The van der Waals surface area contributed by atoms with Crippen LogP contribution in [0, 0.1) is 0 Å². The van der Waals surface area contributed by atoms with E-state index in [4.69, 9.17) is 10.8 Å². The Morgan fingerprint density at radius 2 is 2.00 bits per heavy atom. The van der Waals surface area contributed by atoms with Gasteiger partial charge in [0.05, 0.1) is 6.54 Å². The lowest BCUT2D eigenvalue weighted by Gasteiger charge is -2.29. The molecule has 1 rings (SSSR count). The number of nitrogens with zero attached hydrogens (tertiary/aromatic N) is 1. The summed E-state index contributed by atoms with van der Waals surface area (Å²) in [5, 5.41) is 11.5. The first-order chi connectivity index (χ1) is 8.22. The van der Waals surface area contributed by atoms with Crippen molar-refractivity contribution in [3.63, 3.8) is 0 Å². The van der Waals surface area contributed by atoms with Gasteiger partial charge in [-0.25, -0.2) is 0 Å². The zero-order chi connectivity index (χ0) is 12.5. The second-order valence-corrected chi connectivity index (χ2v) is 4.75. The average Bonchev–Trinajstić information content (AvgIpc) is 2.32. The molecule has 0 aromatic heterocycles. The predicted octanol–water partition coefficient (Wildman–Crippen LogP) is -0.312. The number of unbranched alkanes of at least 4 members (excludes halogenated alkanes) is 2. The van der Waals surface area contributed by atoms with E-state index in [0.29, 0.717) is 19.1 Å². The van der Waals surface area contributed by atoms with Gasteiger partial charge in [-0.1, -0.05) is 0 Å². The highest BCUT2D eigenvalue weighted by atomic mass is 16.2. The number of piperidine rings is 1. The number of aliphatic hydroxyl groups excluding tert-OH is 1. The van der Waals surface area contributed by atoms with Crippen molar-refractivity contribution in [2.24, 2.45) is 5.73 Å². The van der Waals surface area contributed by atoms with Gasteiger partial charge in [-0.3, -0.25) is 9.69 Å². The summed E-state index contributed by atoms with van der Waals surface area (Å²) in [6, 6.07) is 0.313. The third kappa shape index (κ3) is 6.61. The van der Waals surface area contributed by atoms with Crippen LogP contribution in [0.25, 0.3) is 0 Å². The number of nitrogens with two attached hydrogens (primary N) is 1. The van der Waals surface area contributed by atoms with Crippen molar-refractivity contribution < 1.29 is 9.90 Å². The number of hydrogen-bond donors (Lipinski definition) is 3. The molecule has 0 aromatic rings. The third-order valence-corrected chi connectivity index (χ3v) is 3.16. The van der Waals surface area contributed by atoms with Crippen molar-refractivity contribution >= 4 is 5.91 Å². The van der Waals surface area contributed by atoms with Gasteiger partial charge in [0.2, 0.25) is 5.91 Å². The van der Waals surface area contributed by atoms with E-state index in [1.54, 1.807) is 0 Å². The maximum atomic E-state index is 11.6. The molecule has 0 unspecified atom stereocenters. The predicted molar refractivity (Wildman–Crippen MR) is 67.6 cm³/mol. The minimum Gasteiger partial charge on any atom is -0.396 e. The molecule has 1 heterocycles. The molecule has 5 nitrogen and oxygen atoms in total. The first-order valence-electron chi connectivity index (χ1n) is 6.58. The smallest absolute Gasteiger partial charge is 0.234 e. The van der Waals surface area contributed by atoms with E-state index in [1.807, 2.05) is 0 Å². The SMILES string of the molecule is NC1CCN(CC(=O)NCCCCCO)CC1. The highest BCUT2D eigenvalue weighted by Gasteiger charge is 2.17. The van der Waals surface area contributed by atoms with Crippen molar-refractivity contribution in [1.29, 1.82) is 0 Å². The maximum Gasteiger partial charge on any atom is 0.234 e. The van der Waals surface area contributed by atoms with Crippen molar-refractivity contribution in [3.8, 4) is 0 Å². The van der Waals surface area contributed by atoms with Crippen molar-refractivity contribution in [3.05, 3.63) is 0 Å². The lowest BCUT2D eigenvalue weighted by Crippen LogP contribution is -2.44. The molecule has 0 atom stereocenters. The Balaban J connectivity index is 2.00. The number of hydrogen-bond acceptors (Lipinski definition) is 4. The number of amides is 1. The molecule has 0 spiro atoms. The highest BCUT2D eigenvalue weighted by Crippen LogP contribution is 2.07. The van der Waals surface area contributed by atoms with Gasteiger partial charge in [0, 0.05) is 32.3 Å². The molecule has 17 heavy (non-hydrogen) atoms. The van der Waals surface area contributed by atoms with Gasteiger partial charge in [-0.05, 0) is 32.1 Å². The molecule has 1 saturated heterocycles. The van der Waals surface area contributed by atoms with Gasteiger partial charge in [0.25, 0.3) is 0 Å². The molecule has 0 aliphatic carbocycles. The standard InChI is InChI=1S/C12H25N3O2/c13-11-4-7-15(8-5-11)10-12(17)14-6-2-1-3-9-16/h11,16H,1-10,13H2,(H,14,17). The van der Waals surface area contributed by atoms with Gasteiger partial charge in [0.1, 0.15) is 0 Å². The van der Waals surface area contributed by atoms with Crippen LogP contribution >= 0.6 is 0 Å². The second kappa shape index (κ2) is 8.44. The molecule has 1 aliphatic rings. The van der Waals surface area contributed by atoms with Crippen LogP contribution < -0.4 is 11.1 Å². The minimum atomic E-state index is 0.101. The summed E-state index contributed by atoms with van der Waals surface area (Å²) in [6.45, 7) is 3.30. The first-order valence-corrected chi connectivity index (χ1v) is 6.58. The van der Waals surface area contributed by atoms with Crippen LogP contribution in [-0.4, -0.2) is 54.7 Å². The zero-order valence-corrected chi connectivity index (χ0v) is 10.5. The number of carbonyl (C=O) groups is 1. The summed E-state index contributed by atoms with van der Waals surface area (Å²) in [5.74, 6) is 0.101. The molecule has 4 N–H and O–H groups in total. The fourth-order valence-corrected chi connectivity index (χ4v) is 2.01. The van der Waals surface area contributed by atoms with E-state index in [1.165, 1.54) is 0 Å². The monoisotopic (exact) mass is 243 g/mol. The first kappa shape index (κ1) is 14.4. The summed E-state index contributed by atoms with van der Waals surface area (Å²) < 4.78 is 0. The summed E-state index contributed by atoms with van der Waals surface area (Å²) in [7, 11) is 0. The molecule has 5 heteroatoms. The molecular formula is C12H25N3O2. The summed E-state index contributed by atoms with van der Waals surface area (Å²) in [4.78, 5) is 13.8. The number of likely N-dealkylation sites (tertiary alicyclic amines) is 1. The number of nitrogens with one attached hydrogen (secondary N) is 1. The van der Waals surface area contributed by atoms with Gasteiger partial charge < -0.3 is 16.2 Å². The van der Waals surface area contributed by atoms with Crippen LogP contribution in [0.4, 0.5) is 0 Å². The van der Waals surface area contributed by atoms with Crippen molar-refractivity contribution in [1.82, 2.24) is 10.2 Å². The van der Waals surface area contributed by atoms with Gasteiger partial charge in [0.15, 0.2) is 0 Å². The molecule has 0 bridgehead atoms. The van der Waals surface area contributed by atoms with E-state index in [0.717, 1.165) is 45.2 Å². The molecule has 0 radical (unpaired) electrons. The number of carbonyl (C=O) groups excluding carboxylic acids is 1. The van der Waals surface area contributed by atoms with Gasteiger partial charge in [-0.15, -0.1) is 0 Å². The Morgan fingerprint density at radius 3 is 2.65 bits per heavy atom. The minimum absolute atomic E-state index is 0.101. The Labute approximate surface area is 103 Å². The second-order valence-electron chi connectivity index (χ2n) is 4.75. The summed E-state index contributed by atoms with van der Waals surface area (Å²) in [5.41, 5.74) is 5.81. The average molecular weight is 243 g/mol.